The summed E-state index contributed by atoms with van der Waals surface area (Å²) >= 11 is 5.60. The van der Waals surface area contributed by atoms with Gasteiger partial charge in [0.2, 0.25) is 0 Å². The zero-order chi connectivity index (χ0) is 32.4. The van der Waals surface area contributed by atoms with Gasteiger partial charge in [0.15, 0.2) is 0 Å². The summed E-state index contributed by atoms with van der Waals surface area (Å²) < 4.78 is 1.90. The van der Waals surface area contributed by atoms with Crippen molar-refractivity contribution in [3.05, 3.63) is 162 Å². The molecule has 0 saturated heterocycles. The van der Waals surface area contributed by atoms with Crippen LogP contribution in [0.5, 0.6) is 0 Å². The van der Waals surface area contributed by atoms with Gasteiger partial charge < -0.3 is 11.1 Å². The van der Waals surface area contributed by atoms with E-state index in [1.54, 1.807) is 0 Å². The Morgan fingerprint density at radius 1 is 0.795 bits per heavy atom. The fourth-order valence-corrected chi connectivity index (χ4v) is 7.86. The van der Waals surface area contributed by atoms with Gasteiger partial charge in [-0.05, 0) is 37.1 Å². The topological polar surface area (TPSA) is 89.4 Å². The maximum atomic E-state index is 6.75. The summed E-state index contributed by atoms with van der Waals surface area (Å²) in [5.41, 5.74) is 28.5. The third-order valence-electron chi connectivity index (χ3n) is 6.57. The molecule has 224 valence electrons. The second-order valence-electron chi connectivity index (χ2n) is 9.18. The molecule has 2 aromatic carbocycles. The third kappa shape index (κ3) is 16.5. The maximum Gasteiger partial charge on any atom is 1.00 e. The molecule has 0 aliphatic rings. The van der Waals surface area contributed by atoms with Gasteiger partial charge in [0, 0.05) is 23.6 Å². The van der Waals surface area contributed by atoms with Crippen LogP contribution < -0.4 is 29.6 Å². The van der Waals surface area contributed by atoms with Crippen molar-refractivity contribution in [1.29, 1.82) is 0 Å². The molecule has 0 radical (unpaired) electrons. The van der Waals surface area contributed by atoms with Crippen molar-refractivity contribution in [3.8, 4) is 23.6 Å². The van der Waals surface area contributed by atoms with Crippen molar-refractivity contribution in [2.45, 2.75) is 31.5 Å². The van der Waals surface area contributed by atoms with Gasteiger partial charge in [0.1, 0.15) is 21.8 Å². The van der Waals surface area contributed by atoms with Crippen LogP contribution in [-0.2, 0) is 6.54 Å². The fourth-order valence-electron chi connectivity index (χ4n) is 3.72. The van der Waals surface area contributed by atoms with Gasteiger partial charge in [-0.2, -0.15) is 0 Å². The van der Waals surface area contributed by atoms with Crippen LogP contribution >= 0.6 is 11.6 Å². The first-order chi connectivity index (χ1) is 20.8. The Labute approximate surface area is 293 Å². The fraction of sp³-hybridized carbons (Fsp3) is 0.176. The first kappa shape index (κ1) is 42.7. The predicted molar refractivity (Wildman–Crippen MR) is 192 cm³/mol. The van der Waals surface area contributed by atoms with E-state index in [-0.39, 0.29) is 29.6 Å². The Morgan fingerprint density at radius 2 is 1.23 bits per heavy atom. The number of aromatic nitrogens is 3. The molecule has 1 aromatic heterocycles. The number of alkyl halides is 1. The normalized spacial score (nSPS) is 9.55. The van der Waals surface area contributed by atoms with Gasteiger partial charge in [0.05, 0.1) is 6.20 Å². The predicted octanol–water partition coefficient (Wildman–Crippen LogP) is 6.74. The molecule has 0 bridgehead atoms. The Balaban J connectivity index is 0. The van der Waals surface area contributed by atoms with Gasteiger partial charge >= 0.3 is 29.6 Å². The van der Waals surface area contributed by atoms with Gasteiger partial charge in [0.25, 0.3) is 0 Å². The molecule has 0 saturated carbocycles. The van der Waals surface area contributed by atoms with Crippen LogP contribution in [0.4, 0.5) is 0 Å². The van der Waals surface area contributed by atoms with Crippen LogP contribution in [0.3, 0.4) is 0 Å². The van der Waals surface area contributed by atoms with Crippen LogP contribution in [-0.4, -0.2) is 37.0 Å². The van der Waals surface area contributed by atoms with Crippen molar-refractivity contribution in [1.82, 2.24) is 15.0 Å². The summed E-state index contributed by atoms with van der Waals surface area (Å²) in [4.78, 5) is 1.50. The summed E-state index contributed by atoms with van der Waals surface area (Å²) in [7, 11) is -3.23. The molecular formula is C34H42ClN6NaSi2. The first-order valence-electron chi connectivity index (χ1n) is 13.7. The average molecular weight is 649 g/mol. The van der Waals surface area contributed by atoms with Crippen LogP contribution in [0.25, 0.3) is 27.2 Å². The number of nitrogens with zero attached hydrogens (tertiary/aromatic N) is 6. The van der Waals surface area contributed by atoms with Crippen molar-refractivity contribution in [3.63, 3.8) is 0 Å². The quantitative estimate of drug-likeness (QED) is 0.0484. The molecule has 0 N–H and O–H groups in total. The molecule has 3 aromatic rings. The molecule has 44 heavy (non-hydrogen) atoms. The van der Waals surface area contributed by atoms with E-state index in [0.29, 0.717) is 5.88 Å². The molecule has 0 aliphatic heterocycles. The van der Waals surface area contributed by atoms with E-state index in [2.05, 4.69) is 55.7 Å². The van der Waals surface area contributed by atoms with Crippen molar-refractivity contribution >= 4 is 27.7 Å². The Hall–Kier alpha value is -3.39. The van der Waals surface area contributed by atoms with E-state index in [0.717, 1.165) is 48.3 Å². The minimum Gasteiger partial charge on any atom is -0.373 e. The van der Waals surface area contributed by atoms with Crippen molar-refractivity contribution < 1.29 is 29.6 Å². The number of hydrogen-bond acceptors (Lipinski definition) is 2. The summed E-state index contributed by atoms with van der Waals surface area (Å²) in [6.45, 7) is 24.0. The van der Waals surface area contributed by atoms with Crippen LogP contribution in [0, 0.1) is 12.3 Å². The number of halogens is 1. The summed E-state index contributed by atoms with van der Waals surface area (Å²) in [6.07, 6.45) is 9.14. The smallest absolute Gasteiger partial charge is 0.373 e. The van der Waals surface area contributed by atoms with Gasteiger partial charge in [-0.15, -0.1) is 62.6 Å². The maximum absolute atomic E-state index is 6.75. The minimum atomic E-state index is -1.70. The Bertz CT molecular complexity index is 1300. The molecule has 0 unspecified atom stereocenters. The monoisotopic (exact) mass is 648 g/mol. The molecule has 0 atom stereocenters. The minimum absolute atomic E-state index is 0. The zero-order valence-corrected chi connectivity index (χ0v) is 30.7. The molecule has 10 heteroatoms. The number of benzene rings is 2. The van der Waals surface area contributed by atoms with Crippen LogP contribution in [0.1, 0.15) is 18.4 Å². The Kier molecular flexibility index (Phi) is 25.3. The van der Waals surface area contributed by atoms with Crippen molar-refractivity contribution in [2.75, 3.05) is 5.88 Å². The van der Waals surface area contributed by atoms with E-state index in [1.165, 1.54) is 4.91 Å². The largest absolute Gasteiger partial charge is 1.00 e. The second-order valence-corrected chi connectivity index (χ2v) is 17.5. The Morgan fingerprint density at radius 3 is 1.61 bits per heavy atom. The zero-order valence-electron chi connectivity index (χ0n) is 25.9. The number of aryl methyl sites for hydroxylation is 1. The van der Waals surface area contributed by atoms with E-state index in [9.17, 15) is 0 Å². The standard InChI is InChI=1S/C17H21N3Si.C9H15ClSi.C8H6.N3.Na/c1-4-21(5-2,6-3)14-10-13-20-15-17(18-19-20)16-11-8-7-9-12-16;1-4-11(5-2,6-3)9-7-8-10;1-2-8-6-4-3-5-7-8;1-3-2;/h4-9,11-12,15H,1-3,10,13-14H2;4-6H,1-3,7-9H2;1,3-7H;;/q;;;-1;+1. The van der Waals surface area contributed by atoms with Crippen molar-refractivity contribution in [2.24, 2.45) is 0 Å². The second kappa shape index (κ2) is 26.1. The summed E-state index contributed by atoms with van der Waals surface area (Å²) in [6, 6.07) is 21.8. The summed E-state index contributed by atoms with van der Waals surface area (Å²) in [5, 5.41) is 8.42. The average Bonchev–Trinajstić information content (AvgIpc) is 3.55. The van der Waals surface area contributed by atoms with E-state index in [1.807, 2.05) is 106 Å². The molecule has 3 rings (SSSR count). The van der Waals surface area contributed by atoms with Gasteiger partial charge in [-0.3, -0.25) is 9.59 Å². The van der Waals surface area contributed by atoms with E-state index >= 15 is 0 Å². The van der Waals surface area contributed by atoms with Crippen LogP contribution in [0.15, 0.2) is 141 Å². The SMILES string of the molecule is C#Cc1ccccc1.C=C[Si](C=C)(C=C)CCCCl.C=C[Si](C=C)(C=C)CCCn1cc(-c2ccccc2)nn1.[N-]=[N+]=[N-].[Na+]. The third-order valence-corrected chi connectivity index (χ3v) is 13.8. The number of terminal acetylenes is 1. The summed E-state index contributed by atoms with van der Waals surface area (Å²) in [5.74, 6) is 3.24. The number of hydrogen-bond donors (Lipinski definition) is 0. The first-order valence-corrected chi connectivity index (χ1v) is 19.1. The molecule has 0 amide bonds. The van der Waals surface area contributed by atoms with E-state index in [4.69, 9.17) is 29.1 Å². The van der Waals surface area contributed by atoms with Crippen LogP contribution in [0.2, 0.25) is 12.1 Å². The van der Waals surface area contributed by atoms with E-state index < -0.39 is 16.1 Å². The van der Waals surface area contributed by atoms with Gasteiger partial charge in [-0.1, -0.05) is 93.9 Å². The molecule has 0 spiro atoms. The molecule has 0 aliphatic carbocycles. The van der Waals surface area contributed by atoms with Gasteiger partial charge in [-0.25, -0.2) is 0 Å². The molecule has 6 nitrogen and oxygen atoms in total. The molecular weight excluding hydrogens is 607 g/mol. The molecule has 0 fully saturated rings. The molecule has 1 heterocycles. The number of rotatable bonds is 14.